The second-order valence-corrected chi connectivity index (χ2v) is 4.84. The van der Waals surface area contributed by atoms with Crippen LogP contribution in [0.3, 0.4) is 0 Å². The first-order valence-corrected chi connectivity index (χ1v) is 6.43. The van der Waals surface area contributed by atoms with Crippen molar-refractivity contribution >= 4 is 17.5 Å². The van der Waals surface area contributed by atoms with Gasteiger partial charge in [-0.3, -0.25) is 0 Å². The lowest BCUT2D eigenvalue weighted by Gasteiger charge is -2.08. The second-order valence-electron chi connectivity index (χ2n) is 3.91. The maximum absolute atomic E-state index is 4.31. The fourth-order valence-electron chi connectivity index (χ4n) is 1.57. The highest BCUT2D eigenvalue weighted by atomic mass is 32.1. The average molecular weight is 248 g/mol. The Labute approximate surface area is 105 Å². The van der Waals surface area contributed by atoms with E-state index < -0.39 is 0 Å². The first-order valence-electron chi connectivity index (χ1n) is 5.55. The second kappa shape index (κ2) is 5.75. The van der Waals surface area contributed by atoms with E-state index in [1.807, 2.05) is 24.0 Å². The molecule has 0 fully saturated rings. The van der Waals surface area contributed by atoms with Crippen molar-refractivity contribution in [3.8, 4) is 0 Å². The number of hydrogen-bond acceptors (Lipinski definition) is 4. The number of nitrogens with one attached hydrogen (secondary N) is 1. The summed E-state index contributed by atoms with van der Waals surface area (Å²) < 4.78 is 1.71. The van der Waals surface area contributed by atoms with Gasteiger partial charge in [-0.2, -0.15) is 5.10 Å². The first-order chi connectivity index (χ1) is 8.29. The van der Waals surface area contributed by atoms with Gasteiger partial charge in [-0.15, -0.1) is 11.3 Å². The van der Waals surface area contributed by atoms with Crippen molar-refractivity contribution < 1.29 is 0 Å². The lowest BCUT2D eigenvalue weighted by atomic mass is 10.2. The molecule has 0 amide bonds. The van der Waals surface area contributed by atoms with E-state index in [-0.39, 0.29) is 0 Å². The van der Waals surface area contributed by atoms with E-state index >= 15 is 0 Å². The molecule has 2 heterocycles. The Bertz CT molecular complexity index is 461. The largest absolute Gasteiger partial charge is 0.312 e. The molecule has 4 nitrogen and oxygen atoms in total. The van der Waals surface area contributed by atoms with Crippen molar-refractivity contribution in [2.45, 2.75) is 19.4 Å². The van der Waals surface area contributed by atoms with E-state index in [9.17, 15) is 0 Å². The molecule has 5 heteroatoms. The highest BCUT2D eigenvalue weighted by Crippen LogP contribution is 2.16. The maximum Gasteiger partial charge on any atom is 0.0965 e. The monoisotopic (exact) mass is 248 g/mol. The van der Waals surface area contributed by atoms with Crippen LogP contribution in [0.25, 0.3) is 6.20 Å². The number of rotatable bonds is 6. The van der Waals surface area contributed by atoms with Crippen LogP contribution in [0, 0.1) is 0 Å². The molecule has 2 aromatic rings. The summed E-state index contributed by atoms with van der Waals surface area (Å²) in [7, 11) is 0. The molecule has 0 aliphatic carbocycles. The quantitative estimate of drug-likeness (QED) is 0.853. The van der Waals surface area contributed by atoms with Crippen molar-refractivity contribution in [3.05, 3.63) is 41.1 Å². The Hall–Kier alpha value is -1.46. The van der Waals surface area contributed by atoms with Gasteiger partial charge in [0.1, 0.15) is 0 Å². The van der Waals surface area contributed by atoms with Crippen molar-refractivity contribution in [2.75, 3.05) is 6.54 Å². The van der Waals surface area contributed by atoms with Crippen LogP contribution in [0.2, 0.25) is 0 Å². The van der Waals surface area contributed by atoms with Gasteiger partial charge in [0.15, 0.2) is 0 Å². The fourth-order valence-corrected chi connectivity index (χ4v) is 2.27. The third-order valence-electron chi connectivity index (χ3n) is 2.49. The molecule has 90 valence electrons. The number of aromatic nitrogens is 3. The summed E-state index contributed by atoms with van der Waals surface area (Å²) in [6, 6.07) is 0. The summed E-state index contributed by atoms with van der Waals surface area (Å²) in [5.74, 6) is 0.449. The Morgan fingerprint density at radius 3 is 3.18 bits per heavy atom. The molecule has 0 aliphatic heterocycles. The van der Waals surface area contributed by atoms with Crippen molar-refractivity contribution in [1.82, 2.24) is 20.1 Å². The minimum absolute atomic E-state index is 0.449. The zero-order chi connectivity index (χ0) is 12.1. The molecule has 2 rings (SSSR count). The Morgan fingerprint density at radius 1 is 1.65 bits per heavy atom. The van der Waals surface area contributed by atoms with E-state index in [0.717, 1.165) is 18.7 Å². The lowest BCUT2D eigenvalue weighted by molar-refractivity contribution is 0.613. The normalized spacial score (nSPS) is 12.5. The number of nitrogens with zero attached hydrogens (tertiary/aromatic N) is 3. The molecule has 0 spiro atoms. The molecule has 1 atom stereocenters. The summed E-state index contributed by atoms with van der Waals surface area (Å²) in [6.45, 7) is 7.59. The van der Waals surface area contributed by atoms with Crippen LogP contribution in [0.15, 0.2) is 30.5 Å². The summed E-state index contributed by atoms with van der Waals surface area (Å²) in [5, 5.41) is 10.7. The molecule has 0 bridgehead atoms. The SMILES string of the molecule is C=Cn1cc(CNCC(C)c2nccs2)cn1. The van der Waals surface area contributed by atoms with Gasteiger partial charge in [-0.1, -0.05) is 13.5 Å². The van der Waals surface area contributed by atoms with Gasteiger partial charge in [0.2, 0.25) is 0 Å². The molecule has 1 N–H and O–H groups in total. The van der Waals surface area contributed by atoms with Gasteiger partial charge in [0, 0.05) is 48.5 Å². The smallest absolute Gasteiger partial charge is 0.0965 e. The van der Waals surface area contributed by atoms with Crippen LogP contribution in [-0.2, 0) is 6.54 Å². The summed E-state index contributed by atoms with van der Waals surface area (Å²) in [5.41, 5.74) is 1.16. The molecule has 0 saturated carbocycles. The van der Waals surface area contributed by atoms with Gasteiger partial charge >= 0.3 is 0 Å². The predicted octanol–water partition coefficient (Wildman–Crippen LogP) is 2.33. The standard InChI is InChI=1S/C12H16N4S/c1-3-16-9-11(8-15-16)7-13-6-10(2)12-14-4-5-17-12/h3-5,8-10,13H,1,6-7H2,2H3. The highest BCUT2D eigenvalue weighted by Gasteiger charge is 2.07. The Morgan fingerprint density at radius 2 is 2.53 bits per heavy atom. The van der Waals surface area contributed by atoms with Crippen LogP contribution in [0.4, 0.5) is 0 Å². The average Bonchev–Trinajstić information content (AvgIpc) is 3.00. The van der Waals surface area contributed by atoms with Gasteiger partial charge in [0.25, 0.3) is 0 Å². The van der Waals surface area contributed by atoms with Crippen LogP contribution < -0.4 is 5.32 Å². The Balaban J connectivity index is 1.77. The molecular formula is C12H16N4S. The molecule has 1 unspecified atom stereocenters. The molecule has 0 aliphatic rings. The van der Waals surface area contributed by atoms with Gasteiger partial charge < -0.3 is 5.32 Å². The van der Waals surface area contributed by atoms with Crippen molar-refractivity contribution in [2.24, 2.45) is 0 Å². The van der Waals surface area contributed by atoms with Crippen LogP contribution >= 0.6 is 11.3 Å². The van der Waals surface area contributed by atoms with E-state index in [4.69, 9.17) is 0 Å². The predicted molar refractivity (Wildman–Crippen MR) is 70.8 cm³/mol. The molecule has 2 aromatic heterocycles. The number of hydrogen-bond donors (Lipinski definition) is 1. The molecule has 0 radical (unpaired) electrons. The van der Waals surface area contributed by atoms with E-state index in [1.54, 1.807) is 22.2 Å². The van der Waals surface area contributed by atoms with Crippen LogP contribution in [0.1, 0.15) is 23.4 Å². The van der Waals surface area contributed by atoms with E-state index in [2.05, 4.69) is 28.9 Å². The number of thiazole rings is 1. The summed E-state index contributed by atoms with van der Waals surface area (Å²) in [4.78, 5) is 4.31. The fraction of sp³-hybridized carbons (Fsp3) is 0.333. The lowest BCUT2D eigenvalue weighted by Crippen LogP contribution is -2.19. The third-order valence-corrected chi connectivity index (χ3v) is 3.50. The van der Waals surface area contributed by atoms with E-state index in [0.29, 0.717) is 5.92 Å². The van der Waals surface area contributed by atoms with Crippen molar-refractivity contribution in [1.29, 1.82) is 0 Å². The maximum atomic E-state index is 4.31. The summed E-state index contributed by atoms with van der Waals surface area (Å²) in [6.07, 6.45) is 7.35. The topological polar surface area (TPSA) is 42.7 Å². The minimum Gasteiger partial charge on any atom is -0.312 e. The van der Waals surface area contributed by atoms with Gasteiger partial charge in [-0.05, 0) is 0 Å². The zero-order valence-electron chi connectivity index (χ0n) is 9.84. The minimum atomic E-state index is 0.449. The van der Waals surface area contributed by atoms with Gasteiger partial charge in [0.05, 0.1) is 11.2 Å². The highest BCUT2D eigenvalue weighted by molar-refractivity contribution is 7.09. The van der Waals surface area contributed by atoms with Crippen LogP contribution in [0.5, 0.6) is 0 Å². The molecular weight excluding hydrogens is 232 g/mol. The molecule has 0 saturated heterocycles. The third kappa shape index (κ3) is 3.25. The summed E-state index contributed by atoms with van der Waals surface area (Å²) >= 11 is 1.70. The first kappa shape index (κ1) is 12.0. The molecule has 17 heavy (non-hydrogen) atoms. The molecule has 0 aromatic carbocycles. The van der Waals surface area contributed by atoms with Crippen LogP contribution in [-0.4, -0.2) is 21.3 Å². The Kier molecular flexibility index (Phi) is 4.06. The zero-order valence-corrected chi connectivity index (χ0v) is 10.7. The van der Waals surface area contributed by atoms with Gasteiger partial charge in [-0.25, -0.2) is 9.67 Å². The van der Waals surface area contributed by atoms with E-state index in [1.165, 1.54) is 5.01 Å². The van der Waals surface area contributed by atoms with Crippen molar-refractivity contribution in [3.63, 3.8) is 0 Å².